The molecule has 1 aromatic heterocycles. The molecule has 1 fully saturated rings. The van der Waals surface area contributed by atoms with Crippen molar-refractivity contribution in [2.75, 3.05) is 36.4 Å². The molecule has 134 valence electrons. The summed E-state index contributed by atoms with van der Waals surface area (Å²) in [5, 5.41) is 12.3. The second-order valence-corrected chi connectivity index (χ2v) is 7.06. The minimum Gasteiger partial charge on any atom is -0.367 e. The molecule has 1 saturated heterocycles. The standard InChI is InChI=1S/C17H22FN5OS/c1-3-15-20-21-17(25-15)19-16(24)12(2)22-8-10-23(11-9-22)14-7-5-4-6-13(14)18/h4-7,12H,3,8-11H2,1-2H3,(H,19,21,24). The van der Waals surface area contributed by atoms with Gasteiger partial charge in [0.25, 0.3) is 0 Å². The molecule has 1 atom stereocenters. The molecule has 25 heavy (non-hydrogen) atoms. The minimum atomic E-state index is -0.267. The first-order valence-electron chi connectivity index (χ1n) is 8.45. The number of rotatable bonds is 5. The van der Waals surface area contributed by atoms with Gasteiger partial charge in [0, 0.05) is 26.2 Å². The number of piperazine rings is 1. The van der Waals surface area contributed by atoms with E-state index in [0.717, 1.165) is 11.4 Å². The van der Waals surface area contributed by atoms with E-state index in [-0.39, 0.29) is 17.8 Å². The van der Waals surface area contributed by atoms with Gasteiger partial charge >= 0.3 is 0 Å². The largest absolute Gasteiger partial charge is 0.367 e. The number of halogens is 1. The van der Waals surface area contributed by atoms with Gasteiger partial charge in [-0.3, -0.25) is 15.0 Å². The van der Waals surface area contributed by atoms with E-state index in [0.29, 0.717) is 37.0 Å². The van der Waals surface area contributed by atoms with Crippen molar-refractivity contribution in [3.63, 3.8) is 0 Å². The van der Waals surface area contributed by atoms with Gasteiger partial charge in [0.05, 0.1) is 11.7 Å². The maximum atomic E-state index is 13.9. The van der Waals surface area contributed by atoms with Crippen LogP contribution in [0.15, 0.2) is 24.3 Å². The summed E-state index contributed by atoms with van der Waals surface area (Å²) in [4.78, 5) is 16.6. The lowest BCUT2D eigenvalue weighted by Crippen LogP contribution is -2.53. The fourth-order valence-corrected chi connectivity index (χ4v) is 3.56. The van der Waals surface area contributed by atoms with E-state index in [4.69, 9.17) is 0 Å². The van der Waals surface area contributed by atoms with E-state index >= 15 is 0 Å². The van der Waals surface area contributed by atoms with Crippen LogP contribution in [0, 0.1) is 5.82 Å². The first-order chi connectivity index (χ1) is 12.1. The third kappa shape index (κ3) is 4.13. The number of benzene rings is 1. The van der Waals surface area contributed by atoms with E-state index in [1.54, 1.807) is 12.1 Å². The number of nitrogens with zero attached hydrogens (tertiary/aromatic N) is 4. The Hall–Kier alpha value is -2.06. The van der Waals surface area contributed by atoms with Crippen LogP contribution in [0.3, 0.4) is 0 Å². The minimum absolute atomic E-state index is 0.0851. The predicted octanol–water partition coefficient (Wildman–Crippen LogP) is 2.39. The highest BCUT2D eigenvalue weighted by Crippen LogP contribution is 2.21. The van der Waals surface area contributed by atoms with Gasteiger partial charge in [-0.2, -0.15) is 0 Å². The van der Waals surface area contributed by atoms with Crippen molar-refractivity contribution in [1.29, 1.82) is 0 Å². The van der Waals surface area contributed by atoms with Crippen molar-refractivity contribution in [3.8, 4) is 0 Å². The highest BCUT2D eigenvalue weighted by molar-refractivity contribution is 7.15. The van der Waals surface area contributed by atoms with Crippen LogP contribution in [0.1, 0.15) is 18.9 Å². The van der Waals surface area contributed by atoms with E-state index in [1.165, 1.54) is 17.4 Å². The lowest BCUT2D eigenvalue weighted by molar-refractivity contribution is -0.120. The Labute approximate surface area is 150 Å². The highest BCUT2D eigenvalue weighted by atomic mass is 32.1. The Morgan fingerprint density at radius 1 is 1.28 bits per heavy atom. The number of aromatic nitrogens is 2. The summed E-state index contributed by atoms with van der Waals surface area (Å²) in [7, 11) is 0. The molecule has 2 heterocycles. The maximum absolute atomic E-state index is 13.9. The van der Waals surface area contributed by atoms with Crippen LogP contribution in [0.25, 0.3) is 0 Å². The van der Waals surface area contributed by atoms with Gasteiger partial charge in [0.2, 0.25) is 11.0 Å². The summed E-state index contributed by atoms with van der Waals surface area (Å²) < 4.78 is 13.9. The quantitative estimate of drug-likeness (QED) is 0.884. The SMILES string of the molecule is CCc1nnc(NC(=O)C(C)N2CCN(c3ccccc3F)CC2)s1. The number of carbonyl (C=O) groups is 1. The third-order valence-corrected chi connectivity index (χ3v) is 5.42. The van der Waals surface area contributed by atoms with Gasteiger partial charge in [0.1, 0.15) is 10.8 Å². The van der Waals surface area contributed by atoms with Crippen LogP contribution in [0.2, 0.25) is 0 Å². The molecule has 0 saturated carbocycles. The lowest BCUT2D eigenvalue weighted by atomic mass is 10.2. The van der Waals surface area contributed by atoms with Crippen molar-refractivity contribution in [1.82, 2.24) is 15.1 Å². The zero-order chi connectivity index (χ0) is 17.8. The van der Waals surface area contributed by atoms with E-state index < -0.39 is 0 Å². The van der Waals surface area contributed by atoms with Crippen LogP contribution in [-0.2, 0) is 11.2 Å². The molecular weight excluding hydrogens is 341 g/mol. The van der Waals surface area contributed by atoms with Crippen LogP contribution < -0.4 is 10.2 Å². The molecule has 3 rings (SSSR count). The van der Waals surface area contributed by atoms with Crippen LogP contribution in [0.5, 0.6) is 0 Å². The summed E-state index contributed by atoms with van der Waals surface area (Å²) in [6, 6.07) is 6.54. The number of para-hydroxylation sites is 1. The van der Waals surface area contributed by atoms with Gasteiger partial charge in [-0.05, 0) is 25.5 Å². The summed E-state index contributed by atoms with van der Waals surface area (Å²) in [5.74, 6) is -0.289. The van der Waals surface area contributed by atoms with Crippen molar-refractivity contribution >= 4 is 28.1 Å². The number of hydrogen-bond donors (Lipinski definition) is 1. The Bertz CT molecular complexity index is 729. The fraction of sp³-hybridized carbons (Fsp3) is 0.471. The maximum Gasteiger partial charge on any atom is 0.243 e. The average Bonchev–Trinajstić information content (AvgIpc) is 3.09. The number of hydrogen-bond acceptors (Lipinski definition) is 6. The molecule has 0 spiro atoms. The molecule has 1 unspecified atom stereocenters. The Morgan fingerprint density at radius 3 is 2.64 bits per heavy atom. The number of amides is 1. The zero-order valence-electron chi connectivity index (χ0n) is 14.4. The van der Waals surface area contributed by atoms with Gasteiger partial charge in [0.15, 0.2) is 0 Å². The summed E-state index contributed by atoms with van der Waals surface area (Å²) in [5.41, 5.74) is 0.625. The fourth-order valence-electron chi connectivity index (χ4n) is 2.88. The van der Waals surface area contributed by atoms with Crippen molar-refractivity contribution in [3.05, 3.63) is 35.1 Å². The molecule has 8 heteroatoms. The molecule has 6 nitrogen and oxygen atoms in total. The Kier molecular flexibility index (Phi) is 5.60. The first kappa shape index (κ1) is 17.8. The molecule has 1 N–H and O–H groups in total. The van der Waals surface area contributed by atoms with Crippen molar-refractivity contribution in [2.45, 2.75) is 26.3 Å². The molecule has 1 amide bonds. The number of nitrogens with one attached hydrogen (secondary N) is 1. The van der Waals surface area contributed by atoms with Gasteiger partial charge in [-0.15, -0.1) is 10.2 Å². The van der Waals surface area contributed by atoms with E-state index in [1.807, 2.05) is 24.8 Å². The number of aryl methyl sites for hydroxylation is 1. The first-order valence-corrected chi connectivity index (χ1v) is 9.27. The molecule has 1 aliphatic heterocycles. The predicted molar refractivity (Wildman–Crippen MR) is 97.6 cm³/mol. The summed E-state index contributed by atoms with van der Waals surface area (Å²) >= 11 is 1.40. The van der Waals surface area contributed by atoms with Crippen molar-refractivity contribution in [2.24, 2.45) is 0 Å². The van der Waals surface area contributed by atoms with E-state index in [2.05, 4.69) is 20.4 Å². The number of carbonyl (C=O) groups excluding carboxylic acids is 1. The average molecular weight is 363 g/mol. The summed E-state index contributed by atoms with van der Waals surface area (Å²) in [6.45, 7) is 6.69. The highest BCUT2D eigenvalue weighted by Gasteiger charge is 2.27. The normalized spacial score (nSPS) is 16.7. The van der Waals surface area contributed by atoms with Crippen LogP contribution in [-0.4, -0.2) is 53.2 Å². The van der Waals surface area contributed by atoms with Gasteiger partial charge < -0.3 is 4.90 Å². The smallest absolute Gasteiger partial charge is 0.243 e. The third-order valence-electron chi connectivity index (χ3n) is 4.43. The molecule has 1 aromatic carbocycles. The van der Waals surface area contributed by atoms with Gasteiger partial charge in [-0.1, -0.05) is 30.4 Å². The lowest BCUT2D eigenvalue weighted by Gasteiger charge is -2.38. The number of anilines is 2. The molecule has 0 aliphatic carbocycles. The van der Waals surface area contributed by atoms with Crippen LogP contribution in [0.4, 0.5) is 15.2 Å². The van der Waals surface area contributed by atoms with Crippen LogP contribution >= 0.6 is 11.3 Å². The molecule has 1 aliphatic rings. The molecule has 2 aromatic rings. The molecule has 0 bridgehead atoms. The van der Waals surface area contributed by atoms with E-state index in [9.17, 15) is 9.18 Å². The topological polar surface area (TPSA) is 61.4 Å². The second kappa shape index (κ2) is 7.88. The Balaban J connectivity index is 1.55. The second-order valence-electron chi connectivity index (χ2n) is 5.99. The Morgan fingerprint density at radius 2 is 2.00 bits per heavy atom. The van der Waals surface area contributed by atoms with Crippen molar-refractivity contribution < 1.29 is 9.18 Å². The van der Waals surface area contributed by atoms with Gasteiger partial charge in [-0.25, -0.2) is 4.39 Å². The zero-order valence-corrected chi connectivity index (χ0v) is 15.2. The molecule has 0 radical (unpaired) electrons. The molecular formula is C17H22FN5OS. The monoisotopic (exact) mass is 363 g/mol. The summed E-state index contributed by atoms with van der Waals surface area (Å²) in [6.07, 6.45) is 0.807.